The topological polar surface area (TPSA) is 32.3 Å². The Morgan fingerprint density at radius 3 is 2.75 bits per heavy atom. The van der Waals surface area contributed by atoms with Gasteiger partial charge in [0, 0.05) is 32.1 Å². The van der Waals surface area contributed by atoms with Gasteiger partial charge in [-0.25, -0.2) is 0 Å². The molecule has 0 aromatic heterocycles. The van der Waals surface area contributed by atoms with Crippen molar-refractivity contribution in [2.45, 2.75) is 19.6 Å². The zero-order valence-electron chi connectivity index (χ0n) is 11.2. The number of benzene rings is 1. The molecule has 0 radical (unpaired) electrons. The van der Waals surface area contributed by atoms with Crippen molar-refractivity contribution >= 4 is 5.91 Å². The third-order valence-corrected chi connectivity index (χ3v) is 3.43. The molecule has 1 aromatic rings. The van der Waals surface area contributed by atoms with Crippen LogP contribution in [0.1, 0.15) is 18.1 Å². The van der Waals surface area contributed by atoms with Gasteiger partial charge in [-0.15, -0.1) is 0 Å². The second-order valence-corrected chi connectivity index (χ2v) is 5.02. The maximum absolute atomic E-state index is 12.9. The molecule has 1 aliphatic rings. The first-order valence-corrected chi connectivity index (χ1v) is 6.54. The Labute approximate surface area is 115 Å². The van der Waals surface area contributed by atoms with Crippen LogP contribution in [0, 0.1) is 5.92 Å². The number of hydrogen-bond donors (Lipinski definition) is 1. The van der Waals surface area contributed by atoms with Gasteiger partial charge in [0.25, 0.3) is 0 Å². The standard InChI is InChI=1S/C14H17F3N2O/c1-10-8-18-6-7-19(13(10)20)9-11-4-2-3-5-12(11)14(15,16)17/h2-5,10,18H,6-9H2,1H3. The smallest absolute Gasteiger partial charge is 0.337 e. The number of carbonyl (C=O) groups is 1. The fourth-order valence-corrected chi connectivity index (χ4v) is 2.34. The molecule has 0 spiro atoms. The van der Waals surface area contributed by atoms with Gasteiger partial charge in [0.15, 0.2) is 0 Å². The fraction of sp³-hybridized carbons (Fsp3) is 0.500. The molecule has 1 unspecified atom stereocenters. The number of alkyl halides is 3. The van der Waals surface area contributed by atoms with Crippen molar-refractivity contribution in [3.8, 4) is 0 Å². The number of halogens is 3. The molecule has 3 nitrogen and oxygen atoms in total. The molecule has 1 atom stereocenters. The lowest BCUT2D eigenvalue weighted by molar-refractivity contribution is -0.140. The highest BCUT2D eigenvalue weighted by Crippen LogP contribution is 2.32. The van der Waals surface area contributed by atoms with Crippen molar-refractivity contribution in [3.63, 3.8) is 0 Å². The summed E-state index contributed by atoms with van der Waals surface area (Å²) in [6, 6.07) is 5.41. The van der Waals surface area contributed by atoms with Crippen molar-refractivity contribution in [1.29, 1.82) is 0 Å². The van der Waals surface area contributed by atoms with Crippen LogP contribution in [0.4, 0.5) is 13.2 Å². The third-order valence-electron chi connectivity index (χ3n) is 3.43. The van der Waals surface area contributed by atoms with Gasteiger partial charge in [-0.3, -0.25) is 4.79 Å². The monoisotopic (exact) mass is 286 g/mol. The van der Waals surface area contributed by atoms with E-state index in [0.717, 1.165) is 6.07 Å². The van der Waals surface area contributed by atoms with Crippen LogP contribution < -0.4 is 5.32 Å². The van der Waals surface area contributed by atoms with E-state index in [2.05, 4.69) is 5.32 Å². The zero-order valence-corrected chi connectivity index (χ0v) is 11.2. The van der Waals surface area contributed by atoms with Gasteiger partial charge in [0.05, 0.1) is 5.56 Å². The summed E-state index contributed by atoms with van der Waals surface area (Å²) in [5, 5.41) is 3.10. The minimum absolute atomic E-state index is 0.000532. The van der Waals surface area contributed by atoms with Gasteiger partial charge >= 0.3 is 6.18 Å². The van der Waals surface area contributed by atoms with Crippen molar-refractivity contribution < 1.29 is 18.0 Å². The minimum atomic E-state index is -4.39. The number of nitrogens with zero attached hydrogens (tertiary/aromatic N) is 1. The van der Waals surface area contributed by atoms with Crippen LogP contribution in [0.15, 0.2) is 24.3 Å². The van der Waals surface area contributed by atoms with Crippen molar-refractivity contribution in [2.24, 2.45) is 5.92 Å². The second-order valence-electron chi connectivity index (χ2n) is 5.02. The molecule has 110 valence electrons. The zero-order chi connectivity index (χ0) is 14.8. The van der Waals surface area contributed by atoms with E-state index in [1.54, 1.807) is 13.0 Å². The number of hydrogen-bond acceptors (Lipinski definition) is 2. The Kier molecular flexibility index (Phi) is 4.32. The summed E-state index contributed by atoms with van der Waals surface area (Å²) in [7, 11) is 0. The van der Waals surface area contributed by atoms with Gasteiger partial charge in [-0.2, -0.15) is 13.2 Å². The van der Waals surface area contributed by atoms with Crippen LogP contribution in [0.2, 0.25) is 0 Å². The van der Waals surface area contributed by atoms with Crippen LogP contribution in [0.3, 0.4) is 0 Å². The molecule has 1 N–H and O–H groups in total. The summed E-state index contributed by atoms with van der Waals surface area (Å²) < 4.78 is 38.8. The lowest BCUT2D eigenvalue weighted by Gasteiger charge is -2.24. The summed E-state index contributed by atoms with van der Waals surface area (Å²) in [4.78, 5) is 13.6. The lowest BCUT2D eigenvalue weighted by atomic mass is 10.1. The summed E-state index contributed by atoms with van der Waals surface area (Å²) in [5.41, 5.74) is -0.528. The lowest BCUT2D eigenvalue weighted by Crippen LogP contribution is -2.35. The SMILES string of the molecule is CC1CNCCN(Cc2ccccc2C(F)(F)F)C1=O. The maximum Gasteiger partial charge on any atom is 0.416 e. The molecule has 1 heterocycles. The van der Waals surface area contributed by atoms with Gasteiger partial charge in [0.1, 0.15) is 0 Å². The predicted molar refractivity (Wildman–Crippen MR) is 68.9 cm³/mol. The van der Waals surface area contributed by atoms with Crippen LogP contribution >= 0.6 is 0 Å². The average molecular weight is 286 g/mol. The molecule has 20 heavy (non-hydrogen) atoms. The molecule has 6 heteroatoms. The highest BCUT2D eigenvalue weighted by Gasteiger charge is 2.34. The minimum Gasteiger partial charge on any atom is -0.337 e. The molecule has 1 saturated heterocycles. The van der Waals surface area contributed by atoms with E-state index in [-0.39, 0.29) is 23.9 Å². The van der Waals surface area contributed by atoms with Crippen LogP contribution in [0.25, 0.3) is 0 Å². The van der Waals surface area contributed by atoms with E-state index in [1.807, 2.05) is 0 Å². The van der Waals surface area contributed by atoms with E-state index in [1.165, 1.54) is 17.0 Å². The summed E-state index contributed by atoms with van der Waals surface area (Å²) in [6.45, 7) is 3.37. The molecule has 1 aromatic carbocycles. The molecule has 1 aliphatic heterocycles. The van der Waals surface area contributed by atoms with Gasteiger partial charge in [-0.1, -0.05) is 25.1 Å². The summed E-state index contributed by atoms with van der Waals surface area (Å²) >= 11 is 0. The fourth-order valence-electron chi connectivity index (χ4n) is 2.34. The van der Waals surface area contributed by atoms with Crippen LogP contribution in [-0.4, -0.2) is 30.4 Å². The molecule has 0 aliphatic carbocycles. The molecule has 2 rings (SSSR count). The Morgan fingerprint density at radius 2 is 2.05 bits per heavy atom. The molecule has 1 amide bonds. The summed E-state index contributed by atoms with van der Waals surface area (Å²) in [5.74, 6) is -0.317. The Bertz CT molecular complexity index is 488. The highest BCUT2D eigenvalue weighted by molar-refractivity contribution is 5.79. The van der Waals surface area contributed by atoms with Gasteiger partial charge in [-0.05, 0) is 11.6 Å². The first-order chi connectivity index (χ1) is 9.39. The van der Waals surface area contributed by atoms with Gasteiger partial charge < -0.3 is 10.2 Å². The Hall–Kier alpha value is -1.56. The van der Waals surface area contributed by atoms with Crippen molar-refractivity contribution in [2.75, 3.05) is 19.6 Å². The van der Waals surface area contributed by atoms with Crippen molar-refractivity contribution in [3.05, 3.63) is 35.4 Å². The maximum atomic E-state index is 12.9. The first-order valence-electron chi connectivity index (χ1n) is 6.54. The summed E-state index contributed by atoms with van der Waals surface area (Å²) in [6.07, 6.45) is -4.39. The normalized spacial score (nSPS) is 20.9. The van der Waals surface area contributed by atoms with E-state index in [4.69, 9.17) is 0 Å². The molecule has 0 bridgehead atoms. The largest absolute Gasteiger partial charge is 0.416 e. The Balaban J connectivity index is 2.23. The van der Waals surface area contributed by atoms with E-state index < -0.39 is 11.7 Å². The predicted octanol–water partition coefficient (Wildman–Crippen LogP) is 2.27. The number of nitrogens with one attached hydrogen (secondary N) is 1. The average Bonchev–Trinajstić information content (AvgIpc) is 2.54. The number of amides is 1. The molecular formula is C14H17F3N2O. The van der Waals surface area contributed by atoms with E-state index >= 15 is 0 Å². The number of rotatable bonds is 2. The quantitative estimate of drug-likeness (QED) is 0.904. The van der Waals surface area contributed by atoms with E-state index in [0.29, 0.717) is 19.6 Å². The Morgan fingerprint density at radius 1 is 1.35 bits per heavy atom. The van der Waals surface area contributed by atoms with Crippen molar-refractivity contribution in [1.82, 2.24) is 10.2 Å². The molecular weight excluding hydrogens is 269 g/mol. The molecule has 1 fully saturated rings. The van der Waals surface area contributed by atoms with Crippen LogP contribution in [-0.2, 0) is 17.5 Å². The van der Waals surface area contributed by atoms with Crippen LogP contribution in [0.5, 0.6) is 0 Å². The third kappa shape index (κ3) is 3.30. The van der Waals surface area contributed by atoms with Gasteiger partial charge in [0.2, 0.25) is 5.91 Å². The second kappa shape index (κ2) is 5.83. The van der Waals surface area contributed by atoms with E-state index in [9.17, 15) is 18.0 Å². The number of carbonyl (C=O) groups excluding carboxylic acids is 1. The molecule has 0 saturated carbocycles. The first kappa shape index (κ1) is 14.8. The highest BCUT2D eigenvalue weighted by atomic mass is 19.4.